The zero-order chi connectivity index (χ0) is 13.4. The van der Waals surface area contributed by atoms with Crippen LogP contribution in [0.3, 0.4) is 0 Å². The molecular weight excluding hydrogens is 422 g/mol. The first-order chi connectivity index (χ1) is 9.15. The Hall–Kier alpha value is -0.950. The van der Waals surface area contributed by atoms with E-state index in [1.807, 2.05) is 29.1 Å². The van der Waals surface area contributed by atoms with E-state index < -0.39 is 0 Å². The normalized spacial score (nSPS) is 11.1. The molecule has 2 aromatic carbocycles. The number of halogens is 3. The van der Waals surface area contributed by atoms with E-state index in [4.69, 9.17) is 0 Å². The Morgan fingerprint density at radius 2 is 2.11 bits per heavy atom. The Labute approximate surface area is 131 Å². The molecule has 0 atom stereocenters. The van der Waals surface area contributed by atoms with E-state index >= 15 is 0 Å². The minimum atomic E-state index is -0.247. The number of hydrogen-bond donors (Lipinski definition) is 0. The van der Waals surface area contributed by atoms with Gasteiger partial charge in [-0.1, -0.05) is 18.2 Å². The summed E-state index contributed by atoms with van der Waals surface area (Å²) in [5.74, 6) is -0.247. The number of aromatic nitrogens is 2. The number of fused-ring (bicyclic) bond motifs is 1. The van der Waals surface area contributed by atoms with Crippen LogP contribution in [0.2, 0.25) is 0 Å². The summed E-state index contributed by atoms with van der Waals surface area (Å²) < 4.78 is 17.1. The zero-order valence-corrected chi connectivity index (χ0v) is 13.5. The van der Waals surface area contributed by atoms with Crippen LogP contribution in [0.25, 0.3) is 10.9 Å². The molecule has 0 aliphatic rings. The van der Waals surface area contributed by atoms with Gasteiger partial charge < -0.3 is 0 Å². The quantitative estimate of drug-likeness (QED) is 0.543. The topological polar surface area (TPSA) is 17.8 Å². The van der Waals surface area contributed by atoms with Crippen LogP contribution in [0, 0.1) is 9.39 Å². The minimum absolute atomic E-state index is 0.247. The minimum Gasteiger partial charge on any atom is -0.260 e. The van der Waals surface area contributed by atoms with E-state index in [9.17, 15) is 4.39 Å². The van der Waals surface area contributed by atoms with Crippen molar-refractivity contribution in [3.05, 3.63) is 62.0 Å². The predicted molar refractivity (Wildman–Crippen MR) is 85.7 cm³/mol. The highest BCUT2D eigenvalue weighted by molar-refractivity contribution is 14.1. The van der Waals surface area contributed by atoms with Gasteiger partial charge in [0.05, 0.1) is 22.7 Å². The first kappa shape index (κ1) is 13.1. The lowest BCUT2D eigenvalue weighted by molar-refractivity contribution is 0.613. The summed E-state index contributed by atoms with van der Waals surface area (Å²) in [6, 6.07) is 11.2. The Balaban J connectivity index is 2.06. The van der Waals surface area contributed by atoms with Crippen molar-refractivity contribution in [2.24, 2.45) is 0 Å². The standard InChI is InChI=1S/C14H9BrFIN2/c15-14-10(2-1-3-12(14)16)8-19-13-6-11(17)5-4-9(13)7-18-19/h1-7H,8H2. The summed E-state index contributed by atoms with van der Waals surface area (Å²) in [7, 11) is 0. The molecule has 0 aliphatic heterocycles. The van der Waals surface area contributed by atoms with E-state index in [2.05, 4.69) is 49.7 Å². The molecule has 96 valence electrons. The Kier molecular flexibility index (Phi) is 3.58. The van der Waals surface area contributed by atoms with E-state index in [0.717, 1.165) is 20.0 Å². The highest BCUT2D eigenvalue weighted by atomic mass is 127. The van der Waals surface area contributed by atoms with Crippen molar-refractivity contribution >= 4 is 49.4 Å². The Bertz CT molecular complexity index is 754. The van der Waals surface area contributed by atoms with Crippen molar-refractivity contribution in [3.63, 3.8) is 0 Å². The van der Waals surface area contributed by atoms with Crippen molar-refractivity contribution in [1.82, 2.24) is 9.78 Å². The highest BCUT2D eigenvalue weighted by Gasteiger charge is 2.08. The molecule has 0 unspecified atom stereocenters. The van der Waals surface area contributed by atoms with E-state index in [-0.39, 0.29) is 5.82 Å². The van der Waals surface area contributed by atoms with E-state index in [0.29, 0.717) is 11.0 Å². The number of hydrogen-bond acceptors (Lipinski definition) is 1. The fourth-order valence-corrected chi connectivity index (χ4v) is 2.87. The highest BCUT2D eigenvalue weighted by Crippen LogP contribution is 2.23. The molecule has 3 rings (SSSR count). The first-order valence-corrected chi connectivity index (χ1v) is 7.56. The predicted octanol–water partition coefficient (Wildman–Crippen LogP) is 4.59. The van der Waals surface area contributed by atoms with Crippen LogP contribution in [-0.2, 0) is 6.54 Å². The summed E-state index contributed by atoms with van der Waals surface area (Å²) in [5, 5.41) is 5.46. The van der Waals surface area contributed by atoms with Gasteiger partial charge in [-0.2, -0.15) is 5.10 Å². The van der Waals surface area contributed by atoms with E-state index in [1.54, 1.807) is 6.07 Å². The molecule has 1 heterocycles. The Morgan fingerprint density at radius 3 is 2.95 bits per heavy atom. The van der Waals surface area contributed by atoms with Crippen LogP contribution in [0.15, 0.2) is 47.1 Å². The fraction of sp³-hybridized carbons (Fsp3) is 0.0714. The fourth-order valence-electron chi connectivity index (χ4n) is 2.00. The molecule has 19 heavy (non-hydrogen) atoms. The molecule has 0 amide bonds. The monoisotopic (exact) mass is 430 g/mol. The van der Waals surface area contributed by atoms with Crippen molar-refractivity contribution < 1.29 is 4.39 Å². The van der Waals surface area contributed by atoms with Crippen LogP contribution in [0.5, 0.6) is 0 Å². The molecule has 5 heteroatoms. The summed E-state index contributed by atoms with van der Waals surface area (Å²) in [5.41, 5.74) is 1.94. The third-order valence-electron chi connectivity index (χ3n) is 2.96. The molecule has 1 aromatic heterocycles. The average molecular weight is 431 g/mol. The van der Waals surface area contributed by atoms with Crippen molar-refractivity contribution in [2.45, 2.75) is 6.54 Å². The lowest BCUT2D eigenvalue weighted by Crippen LogP contribution is -2.03. The molecule has 2 nitrogen and oxygen atoms in total. The molecule has 0 saturated carbocycles. The SMILES string of the molecule is Fc1cccc(Cn2ncc3ccc(I)cc32)c1Br. The van der Waals surface area contributed by atoms with Gasteiger partial charge in [0.1, 0.15) is 5.82 Å². The maximum atomic E-state index is 13.5. The summed E-state index contributed by atoms with van der Waals surface area (Å²) >= 11 is 5.56. The van der Waals surface area contributed by atoms with Gasteiger partial charge in [0.25, 0.3) is 0 Å². The van der Waals surface area contributed by atoms with Gasteiger partial charge >= 0.3 is 0 Å². The van der Waals surface area contributed by atoms with Crippen molar-refractivity contribution in [3.8, 4) is 0 Å². The lowest BCUT2D eigenvalue weighted by atomic mass is 10.2. The molecule has 0 saturated heterocycles. The third kappa shape index (κ3) is 2.53. The second kappa shape index (κ2) is 5.20. The summed E-state index contributed by atoms with van der Waals surface area (Å²) in [4.78, 5) is 0. The van der Waals surface area contributed by atoms with Crippen molar-refractivity contribution in [1.29, 1.82) is 0 Å². The van der Waals surface area contributed by atoms with Gasteiger partial charge in [0, 0.05) is 8.96 Å². The van der Waals surface area contributed by atoms with Crippen LogP contribution >= 0.6 is 38.5 Å². The lowest BCUT2D eigenvalue weighted by Gasteiger charge is -2.07. The molecular formula is C14H9BrFIN2. The molecule has 0 spiro atoms. The van der Waals surface area contributed by atoms with Gasteiger partial charge in [0.15, 0.2) is 0 Å². The maximum absolute atomic E-state index is 13.5. The van der Waals surface area contributed by atoms with Gasteiger partial charge in [-0.05, 0) is 62.3 Å². The van der Waals surface area contributed by atoms with Crippen LogP contribution in [0.4, 0.5) is 4.39 Å². The molecule has 0 aliphatic carbocycles. The number of benzene rings is 2. The van der Waals surface area contributed by atoms with Gasteiger partial charge in [-0.3, -0.25) is 4.68 Å². The largest absolute Gasteiger partial charge is 0.260 e. The number of nitrogens with zero attached hydrogens (tertiary/aromatic N) is 2. The van der Waals surface area contributed by atoms with Crippen LogP contribution in [0.1, 0.15) is 5.56 Å². The van der Waals surface area contributed by atoms with Gasteiger partial charge in [-0.25, -0.2) is 4.39 Å². The molecule has 0 radical (unpaired) electrons. The van der Waals surface area contributed by atoms with Crippen molar-refractivity contribution in [2.75, 3.05) is 0 Å². The Morgan fingerprint density at radius 1 is 1.26 bits per heavy atom. The van der Waals surface area contributed by atoms with Gasteiger partial charge in [0.2, 0.25) is 0 Å². The molecule has 3 aromatic rings. The second-order valence-electron chi connectivity index (χ2n) is 4.22. The molecule has 0 bridgehead atoms. The van der Waals surface area contributed by atoms with Crippen LogP contribution < -0.4 is 0 Å². The summed E-state index contributed by atoms with van der Waals surface area (Å²) in [6.07, 6.45) is 1.83. The van der Waals surface area contributed by atoms with Gasteiger partial charge in [-0.15, -0.1) is 0 Å². The van der Waals surface area contributed by atoms with E-state index in [1.165, 1.54) is 6.07 Å². The third-order valence-corrected chi connectivity index (χ3v) is 4.52. The molecule has 0 N–H and O–H groups in total. The zero-order valence-electron chi connectivity index (χ0n) is 9.78. The maximum Gasteiger partial charge on any atom is 0.137 e. The van der Waals surface area contributed by atoms with Crippen LogP contribution in [-0.4, -0.2) is 9.78 Å². The second-order valence-corrected chi connectivity index (χ2v) is 6.26. The number of rotatable bonds is 2. The molecule has 0 fully saturated rings. The summed E-state index contributed by atoms with van der Waals surface area (Å²) in [6.45, 7) is 0.544. The average Bonchev–Trinajstić information content (AvgIpc) is 2.78. The first-order valence-electron chi connectivity index (χ1n) is 5.69. The smallest absolute Gasteiger partial charge is 0.137 e.